The van der Waals surface area contributed by atoms with Crippen LogP contribution < -0.4 is 9.22 Å². The molecule has 0 N–H and O–H groups in total. The largest absolute Gasteiger partial charge is 0.489 e. The van der Waals surface area contributed by atoms with E-state index in [9.17, 15) is 4.39 Å². The third kappa shape index (κ3) is 4.59. The van der Waals surface area contributed by atoms with Crippen molar-refractivity contribution in [1.29, 1.82) is 0 Å². The molecule has 1 aromatic carbocycles. The first-order valence-electron chi connectivity index (χ1n) is 5.80. The van der Waals surface area contributed by atoms with Crippen molar-refractivity contribution < 1.29 is 9.13 Å². The van der Waals surface area contributed by atoms with Gasteiger partial charge in [0, 0.05) is 30.0 Å². The predicted octanol–water partition coefficient (Wildman–Crippen LogP) is 3.47. The maximum Gasteiger partial charge on any atom is 0.227 e. The Morgan fingerprint density at radius 2 is 1.89 bits per heavy atom. The molecule has 0 fully saturated rings. The minimum absolute atomic E-state index is 0. The third-order valence-electron chi connectivity index (χ3n) is 2.50. The van der Waals surface area contributed by atoms with Gasteiger partial charge in [0.2, 0.25) is 5.82 Å². The fraction of sp³-hybridized carbons (Fsp3) is 0.538. The van der Waals surface area contributed by atoms with E-state index in [1.807, 2.05) is 21.1 Å². The summed E-state index contributed by atoms with van der Waals surface area (Å²) >= 11 is 5.96. The summed E-state index contributed by atoms with van der Waals surface area (Å²) in [6.45, 7) is 2.55. The van der Waals surface area contributed by atoms with Gasteiger partial charge in [-0.25, -0.2) is 0 Å². The van der Waals surface area contributed by atoms with Crippen LogP contribution in [0.2, 0.25) is 5.02 Å². The molecule has 5 heteroatoms. The monoisotopic (exact) mass is 380 g/mol. The molecular formula is C13H20ClFNOSn+. The first-order valence-corrected chi connectivity index (χ1v) is 6.18. The number of hydrogen-bond acceptors (Lipinski definition) is 1. The van der Waals surface area contributed by atoms with Crippen molar-refractivity contribution in [2.45, 2.75) is 19.8 Å². The number of halogens is 2. The van der Waals surface area contributed by atoms with Gasteiger partial charge in [-0.15, -0.1) is 0 Å². The Bertz CT molecular complexity index is 393. The standard InChI is InChI=1S/C13H20ClFNO.Sn/c1-5-6-9-17-13-10(14)7-8-11(12(13)15)16(2,3)4;/h7-8H,5-6,9H2,1-4H3;/q+1;. The number of benzene rings is 1. The zero-order valence-electron chi connectivity index (χ0n) is 11.4. The van der Waals surface area contributed by atoms with Crippen molar-refractivity contribution in [3.63, 3.8) is 0 Å². The SMILES string of the molecule is CCCCOc1c(Cl)ccc([N+](C)(C)C)c1F.[Sn]. The van der Waals surface area contributed by atoms with Crippen molar-refractivity contribution in [1.82, 2.24) is 4.48 Å². The van der Waals surface area contributed by atoms with E-state index in [1.54, 1.807) is 12.1 Å². The molecular weight excluding hydrogens is 359 g/mol. The predicted molar refractivity (Wildman–Crippen MR) is 77.1 cm³/mol. The molecule has 2 nitrogen and oxygen atoms in total. The van der Waals surface area contributed by atoms with Crippen LogP contribution in [0.25, 0.3) is 0 Å². The Morgan fingerprint density at radius 1 is 1.28 bits per heavy atom. The minimum Gasteiger partial charge on any atom is -0.489 e. The molecule has 0 heterocycles. The van der Waals surface area contributed by atoms with Gasteiger partial charge in [-0.1, -0.05) is 24.9 Å². The van der Waals surface area contributed by atoms with E-state index < -0.39 is 0 Å². The Hall–Kier alpha value is -0.00130. The molecule has 0 atom stereocenters. The Kier molecular flexibility index (Phi) is 7.55. The van der Waals surface area contributed by atoms with E-state index in [4.69, 9.17) is 16.3 Å². The van der Waals surface area contributed by atoms with E-state index in [-0.39, 0.29) is 35.5 Å². The number of unbranched alkanes of at least 4 members (excludes halogenated alkanes) is 1. The van der Waals surface area contributed by atoms with Gasteiger partial charge >= 0.3 is 0 Å². The summed E-state index contributed by atoms with van der Waals surface area (Å²) in [5, 5.41) is 0.329. The van der Waals surface area contributed by atoms with Crippen LogP contribution in [0.3, 0.4) is 0 Å². The van der Waals surface area contributed by atoms with Crippen LogP contribution in [0, 0.1) is 5.82 Å². The van der Waals surface area contributed by atoms with Crippen molar-refractivity contribution in [2.24, 2.45) is 0 Å². The molecule has 0 amide bonds. The number of hydrogen-bond donors (Lipinski definition) is 0. The van der Waals surface area contributed by atoms with Crippen molar-refractivity contribution in [3.8, 4) is 5.75 Å². The second-order valence-electron chi connectivity index (χ2n) is 4.92. The van der Waals surface area contributed by atoms with Gasteiger partial charge < -0.3 is 4.74 Å². The van der Waals surface area contributed by atoms with Gasteiger partial charge in [0.1, 0.15) is 0 Å². The number of rotatable bonds is 5. The normalized spacial score (nSPS) is 11.0. The Balaban J connectivity index is 0.00000289. The molecule has 4 radical (unpaired) electrons. The van der Waals surface area contributed by atoms with Crippen LogP contribution >= 0.6 is 11.6 Å². The first-order chi connectivity index (χ1) is 7.88. The fourth-order valence-electron chi connectivity index (χ4n) is 1.49. The minimum atomic E-state index is -0.360. The van der Waals surface area contributed by atoms with Gasteiger partial charge in [-0.2, -0.15) is 4.39 Å². The molecule has 0 unspecified atom stereocenters. The van der Waals surface area contributed by atoms with E-state index >= 15 is 0 Å². The average Bonchev–Trinajstić information content (AvgIpc) is 2.21. The first kappa shape index (κ1) is 18.0. The summed E-state index contributed by atoms with van der Waals surface area (Å²) in [6, 6.07) is 3.38. The van der Waals surface area contributed by atoms with E-state index in [0.29, 0.717) is 21.8 Å². The summed E-state index contributed by atoms with van der Waals surface area (Å²) in [7, 11) is 5.71. The Labute approximate surface area is 131 Å². The molecule has 0 aliphatic rings. The van der Waals surface area contributed by atoms with E-state index in [2.05, 4.69) is 6.92 Å². The second kappa shape index (κ2) is 7.55. The van der Waals surface area contributed by atoms with Crippen LogP contribution in [0.4, 0.5) is 10.1 Å². The van der Waals surface area contributed by atoms with E-state index in [0.717, 1.165) is 12.8 Å². The maximum absolute atomic E-state index is 14.2. The number of quaternary nitrogens is 1. The van der Waals surface area contributed by atoms with Gasteiger partial charge in [0.05, 0.1) is 32.8 Å². The fourth-order valence-corrected chi connectivity index (χ4v) is 1.69. The summed E-state index contributed by atoms with van der Waals surface area (Å²) in [4.78, 5) is 0. The van der Waals surface area contributed by atoms with Crippen LogP contribution in [0.5, 0.6) is 5.75 Å². The molecule has 100 valence electrons. The molecule has 0 saturated carbocycles. The summed E-state index contributed by atoms with van der Waals surface area (Å²) in [5.74, 6) is -0.188. The molecule has 0 aliphatic carbocycles. The second-order valence-corrected chi connectivity index (χ2v) is 5.33. The number of ether oxygens (including phenoxy) is 1. The summed E-state index contributed by atoms with van der Waals surface area (Å²) in [6.07, 6.45) is 1.90. The van der Waals surface area contributed by atoms with Gasteiger partial charge in [0.25, 0.3) is 0 Å². The van der Waals surface area contributed by atoms with Crippen LogP contribution in [-0.4, -0.2) is 51.7 Å². The molecule has 0 bridgehead atoms. The molecule has 1 rings (SSSR count). The summed E-state index contributed by atoms with van der Waals surface area (Å²) < 4.78 is 20.1. The smallest absolute Gasteiger partial charge is 0.227 e. The quantitative estimate of drug-likeness (QED) is 0.432. The van der Waals surface area contributed by atoms with E-state index in [1.165, 1.54) is 0 Å². The molecule has 0 aliphatic heterocycles. The molecule has 0 aromatic heterocycles. The van der Waals surface area contributed by atoms with Crippen molar-refractivity contribution >= 4 is 41.2 Å². The maximum atomic E-state index is 14.2. The molecule has 0 saturated heterocycles. The number of nitrogens with zero attached hydrogens (tertiary/aromatic N) is 1. The topological polar surface area (TPSA) is 9.23 Å². The van der Waals surface area contributed by atoms with Gasteiger partial charge in [0.15, 0.2) is 11.4 Å². The van der Waals surface area contributed by atoms with Crippen molar-refractivity contribution in [3.05, 3.63) is 23.0 Å². The average molecular weight is 379 g/mol. The third-order valence-corrected chi connectivity index (χ3v) is 2.79. The molecule has 1 aromatic rings. The zero-order chi connectivity index (χ0) is 13.1. The van der Waals surface area contributed by atoms with Crippen molar-refractivity contribution in [2.75, 3.05) is 27.7 Å². The van der Waals surface area contributed by atoms with Gasteiger partial charge in [-0.3, -0.25) is 4.48 Å². The zero-order valence-corrected chi connectivity index (χ0v) is 15.0. The molecule has 18 heavy (non-hydrogen) atoms. The Morgan fingerprint density at radius 3 is 2.39 bits per heavy atom. The van der Waals surface area contributed by atoms with Crippen LogP contribution in [-0.2, 0) is 0 Å². The van der Waals surface area contributed by atoms with Crippen LogP contribution in [0.1, 0.15) is 19.8 Å². The summed E-state index contributed by atoms with van der Waals surface area (Å²) in [5.41, 5.74) is 0.570. The van der Waals surface area contributed by atoms with Gasteiger partial charge in [-0.05, 0) is 12.5 Å². The van der Waals surface area contributed by atoms with Crippen LogP contribution in [0.15, 0.2) is 12.1 Å². The molecule has 0 spiro atoms.